The second-order valence-corrected chi connectivity index (χ2v) is 5.39. The maximum Gasteiger partial charge on any atom is 0.327 e. The van der Waals surface area contributed by atoms with Gasteiger partial charge in [-0.25, -0.2) is 9.59 Å². The highest BCUT2D eigenvalue weighted by molar-refractivity contribution is 8.00. The van der Waals surface area contributed by atoms with Crippen LogP contribution in [-0.4, -0.2) is 45.2 Å². The maximum atomic E-state index is 11.9. The number of urea groups is 1. The van der Waals surface area contributed by atoms with Crippen LogP contribution in [0.5, 0.6) is 0 Å². The van der Waals surface area contributed by atoms with Crippen LogP contribution in [0.15, 0.2) is 0 Å². The first-order chi connectivity index (χ1) is 7.63. The van der Waals surface area contributed by atoms with Crippen LogP contribution >= 0.6 is 11.8 Å². The van der Waals surface area contributed by atoms with Gasteiger partial charge in [-0.3, -0.25) is 4.90 Å². The summed E-state index contributed by atoms with van der Waals surface area (Å²) in [5, 5.41) is 11.9. The standard InChI is InChI=1S/C10H16N2O3S/c1-2-8-12(7(5-16-8)9(13)14)10(15)11-6-3-4-6/h6-8H,2-5H2,1H3,(H,11,15)(H,13,14). The Labute approximate surface area is 98.6 Å². The summed E-state index contributed by atoms with van der Waals surface area (Å²) in [5.41, 5.74) is 0. The Kier molecular flexibility index (Phi) is 3.28. The Balaban J connectivity index is 2.04. The van der Waals surface area contributed by atoms with E-state index in [0.717, 1.165) is 19.3 Å². The summed E-state index contributed by atoms with van der Waals surface area (Å²) in [4.78, 5) is 24.5. The van der Waals surface area contributed by atoms with Crippen LogP contribution in [-0.2, 0) is 4.79 Å². The molecule has 2 N–H and O–H groups in total. The normalized spacial score (nSPS) is 29.2. The van der Waals surface area contributed by atoms with E-state index in [0.29, 0.717) is 5.75 Å². The van der Waals surface area contributed by atoms with Gasteiger partial charge in [0.15, 0.2) is 0 Å². The Bertz CT molecular complexity index is 306. The number of nitrogens with one attached hydrogen (secondary N) is 1. The van der Waals surface area contributed by atoms with Crippen LogP contribution in [0.25, 0.3) is 0 Å². The molecule has 16 heavy (non-hydrogen) atoms. The third-order valence-corrected chi connectivity index (χ3v) is 4.32. The number of carboxylic acids is 1. The summed E-state index contributed by atoms with van der Waals surface area (Å²) in [7, 11) is 0. The van der Waals surface area contributed by atoms with Crippen LogP contribution in [0, 0.1) is 0 Å². The number of rotatable bonds is 3. The van der Waals surface area contributed by atoms with Crippen molar-refractivity contribution in [3.8, 4) is 0 Å². The summed E-state index contributed by atoms with van der Waals surface area (Å²) in [6, 6.07) is -0.620. The molecule has 0 aromatic rings. The lowest BCUT2D eigenvalue weighted by Gasteiger charge is -2.26. The van der Waals surface area contributed by atoms with E-state index in [-0.39, 0.29) is 17.4 Å². The van der Waals surface area contributed by atoms with Gasteiger partial charge in [-0.05, 0) is 19.3 Å². The van der Waals surface area contributed by atoms with Crippen molar-refractivity contribution in [1.82, 2.24) is 10.2 Å². The minimum Gasteiger partial charge on any atom is -0.480 e. The molecule has 2 unspecified atom stereocenters. The molecule has 2 rings (SSSR count). The molecule has 5 nitrogen and oxygen atoms in total. The molecule has 0 aromatic heterocycles. The fraction of sp³-hybridized carbons (Fsp3) is 0.800. The van der Waals surface area contributed by atoms with Gasteiger partial charge in [0.1, 0.15) is 6.04 Å². The molecular weight excluding hydrogens is 228 g/mol. The SMILES string of the molecule is CCC1SCC(C(=O)O)N1C(=O)NC1CC1. The summed E-state index contributed by atoms with van der Waals surface area (Å²) < 4.78 is 0. The lowest BCUT2D eigenvalue weighted by Crippen LogP contribution is -2.50. The zero-order valence-electron chi connectivity index (χ0n) is 9.18. The second kappa shape index (κ2) is 4.53. The molecule has 0 radical (unpaired) electrons. The molecule has 2 amide bonds. The Morgan fingerprint density at radius 2 is 2.19 bits per heavy atom. The fourth-order valence-electron chi connectivity index (χ4n) is 1.82. The highest BCUT2D eigenvalue weighted by atomic mass is 32.2. The molecule has 1 heterocycles. The van der Waals surface area contributed by atoms with Crippen molar-refractivity contribution < 1.29 is 14.7 Å². The molecule has 2 atom stereocenters. The zero-order chi connectivity index (χ0) is 11.7. The van der Waals surface area contributed by atoms with Gasteiger partial charge in [0.05, 0.1) is 5.37 Å². The van der Waals surface area contributed by atoms with Gasteiger partial charge in [0, 0.05) is 11.8 Å². The summed E-state index contributed by atoms with van der Waals surface area (Å²) >= 11 is 1.55. The van der Waals surface area contributed by atoms with Gasteiger partial charge in [-0.1, -0.05) is 6.92 Å². The van der Waals surface area contributed by atoms with Gasteiger partial charge < -0.3 is 10.4 Å². The predicted molar refractivity (Wildman–Crippen MR) is 61.4 cm³/mol. The monoisotopic (exact) mass is 244 g/mol. The van der Waals surface area contributed by atoms with Crippen LogP contribution in [0.1, 0.15) is 26.2 Å². The van der Waals surface area contributed by atoms with Gasteiger partial charge >= 0.3 is 12.0 Å². The molecule has 6 heteroatoms. The van der Waals surface area contributed by atoms with Crippen molar-refractivity contribution in [2.24, 2.45) is 0 Å². The quantitative estimate of drug-likeness (QED) is 0.780. The lowest BCUT2D eigenvalue weighted by molar-refractivity contribution is -0.141. The molecule has 1 aliphatic carbocycles. The van der Waals surface area contributed by atoms with Crippen molar-refractivity contribution in [1.29, 1.82) is 0 Å². The summed E-state index contributed by atoms with van der Waals surface area (Å²) in [6.45, 7) is 1.97. The van der Waals surface area contributed by atoms with Crippen molar-refractivity contribution in [3.63, 3.8) is 0 Å². The summed E-state index contributed by atoms with van der Waals surface area (Å²) in [5.74, 6) is -0.416. The Hall–Kier alpha value is -0.910. The van der Waals surface area contributed by atoms with E-state index < -0.39 is 12.0 Å². The molecule has 0 aromatic carbocycles. The molecule has 2 fully saturated rings. The van der Waals surface area contributed by atoms with E-state index in [1.54, 1.807) is 11.8 Å². The van der Waals surface area contributed by atoms with E-state index in [9.17, 15) is 9.59 Å². The minimum atomic E-state index is -0.908. The number of hydrogen-bond donors (Lipinski definition) is 2. The molecule has 2 aliphatic rings. The molecular formula is C10H16N2O3S. The first-order valence-corrected chi connectivity index (χ1v) is 6.61. The van der Waals surface area contributed by atoms with Crippen LogP contribution < -0.4 is 5.32 Å². The second-order valence-electron chi connectivity index (χ2n) is 4.18. The first-order valence-electron chi connectivity index (χ1n) is 5.56. The van der Waals surface area contributed by atoms with Gasteiger partial charge in [-0.2, -0.15) is 0 Å². The molecule has 90 valence electrons. The lowest BCUT2D eigenvalue weighted by atomic mass is 10.3. The number of carbonyl (C=O) groups is 2. The van der Waals surface area contributed by atoms with E-state index in [2.05, 4.69) is 5.32 Å². The fourth-order valence-corrected chi connectivity index (χ4v) is 3.16. The third kappa shape index (κ3) is 2.26. The van der Waals surface area contributed by atoms with Crippen LogP contribution in [0.4, 0.5) is 4.79 Å². The van der Waals surface area contributed by atoms with Gasteiger partial charge in [0.25, 0.3) is 0 Å². The number of amides is 2. The first kappa shape index (κ1) is 11.6. The zero-order valence-corrected chi connectivity index (χ0v) is 10.00. The molecule has 1 saturated heterocycles. The molecule has 1 aliphatic heterocycles. The average molecular weight is 244 g/mol. The van der Waals surface area contributed by atoms with Crippen LogP contribution in [0.2, 0.25) is 0 Å². The molecule has 0 bridgehead atoms. The third-order valence-electron chi connectivity index (χ3n) is 2.87. The largest absolute Gasteiger partial charge is 0.480 e. The number of nitrogens with zero attached hydrogens (tertiary/aromatic N) is 1. The maximum absolute atomic E-state index is 11.9. The number of carboxylic acid groups (broad SMARTS) is 1. The average Bonchev–Trinajstić information content (AvgIpc) is 2.94. The number of hydrogen-bond acceptors (Lipinski definition) is 3. The van der Waals surface area contributed by atoms with Crippen LogP contribution in [0.3, 0.4) is 0 Å². The smallest absolute Gasteiger partial charge is 0.327 e. The van der Waals surface area contributed by atoms with Gasteiger partial charge in [0.2, 0.25) is 0 Å². The highest BCUT2D eigenvalue weighted by Crippen LogP contribution is 2.32. The summed E-state index contributed by atoms with van der Waals surface area (Å²) in [6.07, 6.45) is 2.81. The van der Waals surface area contributed by atoms with Crippen molar-refractivity contribution in [2.45, 2.75) is 43.6 Å². The number of thioether (sulfide) groups is 1. The van der Waals surface area contributed by atoms with E-state index >= 15 is 0 Å². The van der Waals surface area contributed by atoms with Crippen molar-refractivity contribution in [2.75, 3.05) is 5.75 Å². The van der Waals surface area contributed by atoms with Crippen molar-refractivity contribution in [3.05, 3.63) is 0 Å². The Morgan fingerprint density at radius 1 is 1.50 bits per heavy atom. The number of aliphatic carboxylic acids is 1. The van der Waals surface area contributed by atoms with E-state index in [1.807, 2.05) is 6.92 Å². The Morgan fingerprint density at radius 3 is 2.69 bits per heavy atom. The molecule has 0 spiro atoms. The minimum absolute atomic E-state index is 0.000139. The topological polar surface area (TPSA) is 69.6 Å². The molecule has 1 saturated carbocycles. The predicted octanol–water partition coefficient (Wildman–Crippen LogP) is 1.10. The van der Waals surface area contributed by atoms with Gasteiger partial charge in [-0.15, -0.1) is 11.8 Å². The highest BCUT2D eigenvalue weighted by Gasteiger charge is 2.41. The number of carbonyl (C=O) groups excluding carboxylic acids is 1. The van der Waals surface area contributed by atoms with E-state index in [4.69, 9.17) is 5.11 Å². The van der Waals surface area contributed by atoms with Crippen molar-refractivity contribution >= 4 is 23.8 Å². The van der Waals surface area contributed by atoms with E-state index in [1.165, 1.54) is 4.90 Å².